The normalized spacial score (nSPS) is 30.3. The van der Waals surface area contributed by atoms with Gasteiger partial charge in [-0.25, -0.2) is 0 Å². The van der Waals surface area contributed by atoms with E-state index in [4.69, 9.17) is 5.11 Å². The molecular formula is C15H25NO3. The lowest BCUT2D eigenvalue weighted by Gasteiger charge is -2.39. The van der Waals surface area contributed by atoms with Crippen molar-refractivity contribution in [1.29, 1.82) is 0 Å². The molecule has 19 heavy (non-hydrogen) atoms. The maximum absolute atomic E-state index is 12.4. The van der Waals surface area contributed by atoms with Crippen LogP contribution in [0.3, 0.4) is 0 Å². The van der Waals surface area contributed by atoms with Crippen molar-refractivity contribution in [1.82, 2.24) is 4.90 Å². The molecule has 1 saturated heterocycles. The summed E-state index contributed by atoms with van der Waals surface area (Å²) in [6.45, 7) is 6.20. The van der Waals surface area contributed by atoms with Gasteiger partial charge in [0.1, 0.15) is 0 Å². The molecule has 4 heteroatoms. The van der Waals surface area contributed by atoms with Gasteiger partial charge in [-0.3, -0.25) is 9.59 Å². The number of nitrogens with zero attached hydrogens (tertiary/aromatic N) is 1. The van der Waals surface area contributed by atoms with Gasteiger partial charge >= 0.3 is 5.97 Å². The number of carboxylic acid groups (broad SMARTS) is 1. The number of likely N-dealkylation sites (tertiary alicyclic amines) is 1. The third-order valence-electron chi connectivity index (χ3n) is 5.27. The molecule has 0 spiro atoms. The number of hydrogen-bond acceptors (Lipinski definition) is 2. The minimum absolute atomic E-state index is 0.0490. The fourth-order valence-electron chi connectivity index (χ4n) is 3.31. The molecule has 0 bridgehead atoms. The molecule has 1 amide bonds. The first-order valence-electron chi connectivity index (χ1n) is 7.47. The number of carboxylic acids is 1. The van der Waals surface area contributed by atoms with Crippen molar-refractivity contribution in [2.24, 2.45) is 17.3 Å². The van der Waals surface area contributed by atoms with E-state index in [0.717, 1.165) is 32.4 Å². The van der Waals surface area contributed by atoms with Crippen molar-refractivity contribution in [3.05, 3.63) is 0 Å². The van der Waals surface area contributed by atoms with Crippen molar-refractivity contribution in [2.75, 3.05) is 13.1 Å². The molecule has 1 N–H and O–H groups in total. The molecule has 1 aliphatic heterocycles. The van der Waals surface area contributed by atoms with E-state index in [9.17, 15) is 9.59 Å². The summed E-state index contributed by atoms with van der Waals surface area (Å²) in [5.41, 5.74) is 0.385. The molecule has 1 aliphatic carbocycles. The molecular weight excluding hydrogens is 242 g/mol. The second-order valence-electron chi connectivity index (χ2n) is 6.53. The summed E-state index contributed by atoms with van der Waals surface area (Å²) in [7, 11) is 0. The highest BCUT2D eigenvalue weighted by molar-refractivity contribution is 5.81. The summed E-state index contributed by atoms with van der Waals surface area (Å²) in [6, 6.07) is 0. The third kappa shape index (κ3) is 3.10. The maximum Gasteiger partial charge on any atom is 0.306 e. The predicted octanol–water partition coefficient (Wildman–Crippen LogP) is 2.53. The molecule has 4 nitrogen and oxygen atoms in total. The smallest absolute Gasteiger partial charge is 0.306 e. The second-order valence-corrected chi connectivity index (χ2v) is 6.53. The van der Waals surface area contributed by atoms with Crippen LogP contribution in [0.15, 0.2) is 0 Å². The van der Waals surface area contributed by atoms with Crippen LogP contribution in [0.2, 0.25) is 0 Å². The number of carbonyl (C=O) groups excluding carboxylic acids is 1. The lowest BCUT2D eigenvalue weighted by atomic mass is 9.78. The minimum atomic E-state index is -0.743. The molecule has 2 aliphatic rings. The topological polar surface area (TPSA) is 57.6 Å². The summed E-state index contributed by atoms with van der Waals surface area (Å²) >= 11 is 0. The Hall–Kier alpha value is -1.06. The highest BCUT2D eigenvalue weighted by Gasteiger charge is 2.38. The minimum Gasteiger partial charge on any atom is -0.481 e. The van der Waals surface area contributed by atoms with Crippen LogP contribution in [0.4, 0.5) is 0 Å². The van der Waals surface area contributed by atoms with Crippen LogP contribution in [0.5, 0.6) is 0 Å². The average Bonchev–Trinajstić information content (AvgIpc) is 2.88. The van der Waals surface area contributed by atoms with Gasteiger partial charge in [0.2, 0.25) is 5.91 Å². The molecule has 0 radical (unpaired) electrons. The molecule has 0 aromatic carbocycles. The number of amides is 1. The van der Waals surface area contributed by atoms with Gasteiger partial charge in [-0.05, 0) is 37.5 Å². The molecule has 2 fully saturated rings. The van der Waals surface area contributed by atoms with Crippen LogP contribution in [-0.2, 0) is 9.59 Å². The summed E-state index contributed by atoms with van der Waals surface area (Å²) in [5.74, 6) is -0.902. The van der Waals surface area contributed by atoms with E-state index in [-0.39, 0.29) is 17.7 Å². The number of piperidine rings is 1. The Kier molecular flexibility index (Phi) is 4.16. The molecule has 0 aromatic heterocycles. The molecule has 2 atom stereocenters. The highest BCUT2D eigenvalue weighted by Crippen LogP contribution is 2.37. The van der Waals surface area contributed by atoms with Crippen molar-refractivity contribution in [3.8, 4) is 0 Å². The Morgan fingerprint density at radius 1 is 1.21 bits per heavy atom. The standard InChI is InChI=1S/C15H25NO3/c1-3-15(2)6-8-16(9-7-15)13(17)11-4-5-12(10-11)14(18)19/h11-12H,3-10H2,1-2H3,(H,18,19)/t11-,12+/m1/s1. The third-order valence-corrected chi connectivity index (χ3v) is 5.27. The Balaban J connectivity index is 1.87. The van der Waals surface area contributed by atoms with E-state index in [1.807, 2.05) is 4.90 Å². The van der Waals surface area contributed by atoms with Crippen LogP contribution in [0.25, 0.3) is 0 Å². The molecule has 108 valence electrons. The summed E-state index contributed by atoms with van der Waals surface area (Å²) < 4.78 is 0. The van der Waals surface area contributed by atoms with E-state index in [0.29, 0.717) is 18.3 Å². The van der Waals surface area contributed by atoms with E-state index in [1.165, 1.54) is 6.42 Å². The average molecular weight is 267 g/mol. The summed E-state index contributed by atoms with van der Waals surface area (Å²) in [5, 5.41) is 9.00. The zero-order chi connectivity index (χ0) is 14.0. The van der Waals surface area contributed by atoms with Crippen LogP contribution in [-0.4, -0.2) is 35.0 Å². The molecule has 0 aromatic rings. The van der Waals surface area contributed by atoms with Gasteiger partial charge in [0.25, 0.3) is 0 Å². The summed E-state index contributed by atoms with van der Waals surface area (Å²) in [6.07, 6.45) is 5.26. The first-order chi connectivity index (χ1) is 8.95. The van der Waals surface area contributed by atoms with Crippen LogP contribution >= 0.6 is 0 Å². The van der Waals surface area contributed by atoms with E-state index in [1.54, 1.807) is 0 Å². The van der Waals surface area contributed by atoms with Crippen molar-refractivity contribution < 1.29 is 14.7 Å². The van der Waals surface area contributed by atoms with Crippen LogP contribution in [0.1, 0.15) is 52.4 Å². The van der Waals surface area contributed by atoms with Gasteiger partial charge in [0.05, 0.1) is 5.92 Å². The Labute approximate surface area is 115 Å². The fourth-order valence-corrected chi connectivity index (χ4v) is 3.31. The van der Waals surface area contributed by atoms with E-state index >= 15 is 0 Å². The van der Waals surface area contributed by atoms with Gasteiger partial charge in [0, 0.05) is 19.0 Å². The number of aliphatic carboxylic acids is 1. The predicted molar refractivity (Wildman–Crippen MR) is 72.7 cm³/mol. The second kappa shape index (κ2) is 5.51. The van der Waals surface area contributed by atoms with E-state index in [2.05, 4.69) is 13.8 Å². The first kappa shape index (κ1) is 14.4. The zero-order valence-electron chi connectivity index (χ0n) is 12.0. The van der Waals surface area contributed by atoms with Gasteiger partial charge in [0.15, 0.2) is 0 Å². The lowest BCUT2D eigenvalue weighted by molar-refractivity contribution is -0.142. The van der Waals surface area contributed by atoms with E-state index < -0.39 is 5.97 Å². The Morgan fingerprint density at radius 3 is 2.26 bits per heavy atom. The fraction of sp³-hybridized carbons (Fsp3) is 0.867. The Morgan fingerprint density at radius 2 is 1.79 bits per heavy atom. The van der Waals surface area contributed by atoms with Gasteiger partial charge in [-0.15, -0.1) is 0 Å². The molecule has 1 heterocycles. The zero-order valence-corrected chi connectivity index (χ0v) is 12.0. The van der Waals surface area contributed by atoms with Crippen molar-refractivity contribution in [2.45, 2.75) is 52.4 Å². The number of carbonyl (C=O) groups is 2. The van der Waals surface area contributed by atoms with Gasteiger partial charge in [-0.2, -0.15) is 0 Å². The quantitative estimate of drug-likeness (QED) is 0.855. The monoisotopic (exact) mass is 267 g/mol. The van der Waals surface area contributed by atoms with Crippen molar-refractivity contribution >= 4 is 11.9 Å². The number of rotatable bonds is 3. The Bertz CT molecular complexity index is 358. The maximum atomic E-state index is 12.4. The summed E-state index contributed by atoms with van der Waals surface area (Å²) in [4.78, 5) is 25.3. The largest absolute Gasteiger partial charge is 0.481 e. The highest BCUT2D eigenvalue weighted by atomic mass is 16.4. The molecule has 1 saturated carbocycles. The SMILES string of the molecule is CCC1(C)CCN(C(=O)[C@@H]2CC[C@H](C(=O)O)C2)CC1. The lowest BCUT2D eigenvalue weighted by Crippen LogP contribution is -2.44. The first-order valence-corrected chi connectivity index (χ1v) is 7.47. The van der Waals surface area contributed by atoms with Gasteiger partial charge in [-0.1, -0.05) is 20.3 Å². The molecule has 0 unspecified atom stereocenters. The van der Waals surface area contributed by atoms with Crippen molar-refractivity contribution in [3.63, 3.8) is 0 Å². The van der Waals surface area contributed by atoms with Gasteiger partial charge < -0.3 is 10.0 Å². The van der Waals surface area contributed by atoms with Crippen LogP contribution in [0, 0.1) is 17.3 Å². The van der Waals surface area contributed by atoms with Crippen LogP contribution < -0.4 is 0 Å². The number of hydrogen-bond donors (Lipinski definition) is 1. The molecule has 2 rings (SSSR count).